The molecular formula is C9H21NO2. The van der Waals surface area contributed by atoms with E-state index in [9.17, 15) is 4.79 Å². The Kier molecular flexibility index (Phi) is 15.2. The zero-order valence-corrected chi connectivity index (χ0v) is 8.64. The second-order valence-corrected chi connectivity index (χ2v) is 2.10. The van der Waals surface area contributed by atoms with E-state index in [4.69, 9.17) is 4.74 Å². The van der Waals surface area contributed by atoms with Gasteiger partial charge in [-0.1, -0.05) is 20.8 Å². The SMILES string of the molecule is CC.CCCOCCNC(C)=O. The smallest absolute Gasteiger partial charge is 0.216 e. The second kappa shape index (κ2) is 13.1. The molecule has 1 amide bonds. The van der Waals surface area contributed by atoms with Crippen molar-refractivity contribution < 1.29 is 9.53 Å². The number of amides is 1. The average Bonchev–Trinajstić information content (AvgIpc) is 2.07. The third-order valence-corrected chi connectivity index (χ3v) is 0.969. The Morgan fingerprint density at radius 2 is 1.92 bits per heavy atom. The van der Waals surface area contributed by atoms with Crippen LogP contribution in [0.25, 0.3) is 0 Å². The van der Waals surface area contributed by atoms with Crippen LogP contribution in [0.4, 0.5) is 0 Å². The summed E-state index contributed by atoms with van der Waals surface area (Å²) in [5.74, 6) is 0.0000912. The number of ether oxygens (including phenoxy) is 1. The number of hydrogen-bond donors (Lipinski definition) is 1. The molecule has 0 unspecified atom stereocenters. The summed E-state index contributed by atoms with van der Waals surface area (Å²) >= 11 is 0. The van der Waals surface area contributed by atoms with Crippen LogP contribution in [-0.2, 0) is 9.53 Å². The highest BCUT2D eigenvalue weighted by molar-refractivity contribution is 5.72. The minimum Gasteiger partial charge on any atom is -0.380 e. The molecule has 0 aliphatic rings. The van der Waals surface area contributed by atoms with Gasteiger partial charge in [0.05, 0.1) is 6.61 Å². The molecule has 12 heavy (non-hydrogen) atoms. The molecule has 1 N–H and O–H groups in total. The van der Waals surface area contributed by atoms with E-state index in [2.05, 4.69) is 12.2 Å². The summed E-state index contributed by atoms with van der Waals surface area (Å²) in [5, 5.41) is 2.64. The van der Waals surface area contributed by atoms with E-state index in [1.165, 1.54) is 6.92 Å². The van der Waals surface area contributed by atoms with Crippen LogP contribution >= 0.6 is 0 Å². The maximum absolute atomic E-state index is 10.3. The van der Waals surface area contributed by atoms with Gasteiger partial charge in [0.25, 0.3) is 0 Å². The molecule has 0 aliphatic heterocycles. The number of carbonyl (C=O) groups is 1. The highest BCUT2D eigenvalue weighted by Crippen LogP contribution is 1.77. The Morgan fingerprint density at radius 1 is 1.33 bits per heavy atom. The number of rotatable bonds is 5. The lowest BCUT2D eigenvalue weighted by molar-refractivity contribution is -0.119. The van der Waals surface area contributed by atoms with E-state index in [0.717, 1.165) is 13.0 Å². The van der Waals surface area contributed by atoms with Crippen LogP contribution in [0.5, 0.6) is 0 Å². The van der Waals surface area contributed by atoms with Gasteiger partial charge in [0, 0.05) is 20.1 Å². The Hall–Kier alpha value is -0.570. The fourth-order valence-electron chi connectivity index (χ4n) is 0.546. The highest BCUT2D eigenvalue weighted by atomic mass is 16.5. The molecule has 0 fully saturated rings. The lowest BCUT2D eigenvalue weighted by atomic mass is 10.5. The Balaban J connectivity index is 0. The molecule has 0 bridgehead atoms. The normalized spacial score (nSPS) is 8.33. The standard InChI is InChI=1S/C7H15NO2.C2H6/c1-3-5-10-6-4-8-7(2)9;1-2/h3-6H2,1-2H3,(H,8,9);1-2H3. The molecule has 0 heterocycles. The van der Waals surface area contributed by atoms with E-state index in [1.807, 2.05) is 13.8 Å². The molecule has 0 atom stereocenters. The van der Waals surface area contributed by atoms with Gasteiger partial charge in [0.15, 0.2) is 0 Å². The van der Waals surface area contributed by atoms with Crippen LogP contribution in [0.1, 0.15) is 34.1 Å². The third-order valence-electron chi connectivity index (χ3n) is 0.969. The van der Waals surface area contributed by atoms with E-state index in [0.29, 0.717) is 13.2 Å². The molecule has 0 aromatic heterocycles. The summed E-state index contributed by atoms with van der Waals surface area (Å²) in [6.07, 6.45) is 1.03. The fraction of sp³-hybridized carbons (Fsp3) is 0.889. The van der Waals surface area contributed by atoms with Gasteiger partial charge >= 0.3 is 0 Å². The largest absolute Gasteiger partial charge is 0.380 e. The van der Waals surface area contributed by atoms with Crippen molar-refractivity contribution in [1.29, 1.82) is 0 Å². The van der Waals surface area contributed by atoms with Crippen molar-refractivity contribution in [1.82, 2.24) is 5.32 Å². The average molecular weight is 175 g/mol. The predicted octanol–water partition coefficient (Wildman–Crippen LogP) is 1.58. The molecular weight excluding hydrogens is 154 g/mol. The van der Waals surface area contributed by atoms with Gasteiger partial charge < -0.3 is 10.1 Å². The topological polar surface area (TPSA) is 38.3 Å². The van der Waals surface area contributed by atoms with Gasteiger partial charge in [-0.05, 0) is 6.42 Å². The molecule has 0 spiro atoms. The van der Waals surface area contributed by atoms with Crippen LogP contribution in [-0.4, -0.2) is 25.7 Å². The van der Waals surface area contributed by atoms with Gasteiger partial charge in [-0.15, -0.1) is 0 Å². The predicted molar refractivity (Wildman–Crippen MR) is 51.1 cm³/mol. The van der Waals surface area contributed by atoms with Crippen molar-refractivity contribution in [3.8, 4) is 0 Å². The third kappa shape index (κ3) is 16.2. The summed E-state index contributed by atoms with van der Waals surface area (Å²) in [6.45, 7) is 9.57. The first-order valence-electron chi connectivity index (χ1n) is 4.59. The summed E-state index contributed by atoms with van der Waals surface area (Å²) in [6, 6.07) is 0. The van der Waals surface area contributed by atoms with Crippen molar-refractivity contribution in [2.45, 2.75) is 34.1 Å². The molecule has 0 aromatic rings. The summed E-state index contributed by atoms with van der Waals surface area (Å²) < 4.78 is 5.12. The minimum atomic E-state index is 0.0000912. The van der Waals surface area contributed by atoms with Gasteiger partial charge in [0.1, 0.15) is 0 Å². The van der Waals surface area contributed by atoms with Crippen molar-refractivity contribution in [3.63, 3.8) is 0 Å². The molecule has 0 radical (unpaired) electrons. The summed E-state index contributed by atoms with van der Waals surface area (Å²) in [4.78, 5) is 10.3. The molecule has 0 saturated heterocycles. The molecule has 0 aromatic carbocycles. The van der Waals surface area contributed by atoms with E-state index in [-0.39, 0.29) is 5.91 Å². The quantitative estimate of drug-likeness (QED) is 0.644. The van der Waals surface area contributed by atoms with E-state index < -0.39 is 0 Å². The fourth-order valence-corrected chi connectivity index (χ4v) is 0.546. The first-order valence-corrected chi connectivity index (χ1v) is 4.59. The summed E-state index contributed by atoms with van der Waals surface area (Å²) in [7, 11) is 0. The van der Waals surface area contributed by atoms with Gasteiger partial charge in [0.2, 0.25) is 5.91 Å². The van der Waals surface area contributed by atoms with Crippen molar-refractivity contribution in [2.75, 3.05) is 19.8 Å². The van der Waals surface area contributed by atoms with E-state index in [1.54, 1.807) is 0 Å². The maximum Gasteiger partial charge on any atom is 0.216 e. The van der Waals surface area contributed by atoms with Crippen LogP contribution in [0.15, 0.2) is 0 Å². The van der Waals surface area contributed by atoms with Gasteiger partial charge in [-0.3, -0.25) is 4.79 Å². The molecule has 0 saturated carbocycles. The number of nitrogens with one attached hydrogen (secondary N) is 1. The number of carbonyl (C=O) groups excluding carboxylic acids is 1. The molecule has 3 nitrogen and oxygen atoms in total. The van der Waals surface area contributed by atoms with Crippen LogP contribution in [0.3, 0.4) is 0 Å². The summed E-state index contributed by atoms with van der Waals surface area (Å²) in [5.41, 5.74) is 0. The van der Waals surface area contributed by atoms with Crippen molar-refractivity contribution >= 4 is 5.91 Å². The highest BCUT2D eigenvalue weighted by Gasteiger charge is 1.88. The monoisotopic (exact) mass is 175 g/mol. The Bertz CT molecular complexity index is 94.5. The van der Waals surface area contributed by atoms with Crippen LogP contribution in [0, 0.1) is 0 Å². The van der Waals surface area contributed by atoms with E-state index >= 15 is 0 Å². The first kappa shape index (κ1) is 14.0. The lowest BCUT2D eigenvalue weighted by Gasteiger charge is -2.01. The van der Waals surface area contributed by atoms with Gasteiger partial charge in [-0.25, -0.2) is 0 Å². The lowest BCUT2D eigenvalue weighted by Crippen LogP contribution is -2.24. The Labute approximate surface area is 75.5 Å². The maximum atomic E-state index is 10.3. The molecule has 0 aliphatic carbocycles. The zero-order chi connectivity index (χ0) is 9.82. The molecule has 3 heteroatoms. The first-order chi connectivity index (χ1) is 5.77. The number of hydrogen-bond acceptors (Lipinski definition) is 2. The minimum absolute atomic E-state index is 0.0000912. The molecule has 74 valence electrons. The zero-order valence-electron chi connectivity index (χ0n) is 8.64. The van der Waals surface area contributed by atoms with Crippen molar-refractivity contribution in [2.24, 2.45) is 0 Å². The van der Waals surface area contributed by atoms with Crippen molar-refractivity contribution in [3.05, 3.63) is 0 Å². The molecule has 0 rings (SSSR count). The van der Waals surface area contributed by atoms with Gasteiger partial charge in [-0.2, -0.15) is 0 Å². The Morgan fingerprint density at radius 3 is 2.33 bits per heavy atom. The van der Waals surface area contributed by atoms with Crippen LogP contribution < -0.4 is 5.32 Å². The van der Waals surface area contributed by atoms with Crippen LogP contribution in [0.2, 0.25) is 0 Å². The second-order valence-electron chi connectivity index (χ2n) is 2.10.